The van der Waals surface area contributed by atoms with Crippen molar-refractivity contribution in [2.45, 2.75) is 19.9 Å². The van der Waals surface area contributed by atoms with Gasteiger partial charge in [-0.3, -0.25) is 0 Å². The number of para-hydroxylation sites is 1. The lowest BCUT2D eigenvalue weighted by Crippen LogP contribution is -2.34. The Hall–Kier alpha value is -1.95. The van der Waals surface area contributed by atoms with Crippen LogP contribution in [0.4, 0.5) is 5.95 Å². The largest absolute Gasteiger partial charge is 0.351 e. The molecular formula is C12H18N6. The molecule has 0 aliphatic heterocycles. The first kappa shape index (κ1) is 12.5. The molecule has 1 heterocycles. The molecule has 6 heteroatoms. The molecule has 6 nitrogen and oxygen atoms in total. The Morgan fingerprint density at radius 3 is 2.67 bits per heavy atom. The van der Waals surface area contributed by atoms with E-state index in [4.69, 9.17) is 5.73 Å². The van der Waals surface area contributed by atoms with Crippen LogP contribution < -0.4 is 11.1 Å². The van der Waals surface area contributed by atoms with E-state index in [9.17, 15) is 0 Å². The minimum absolute atomic E-state index is 0.0749. The molecular weight excluding hydrogens is 228 g/mol. The van der Waals surface area contributed by atoms with Crippen molar-refractivity contribution in [2.24, 2.45) is 11.7 Å². The summed E-state index contributed by atoms with van der Waals surface area (Å²) in [5.74, 6) is 1.02. The second kappa shape index (κ2) is 5.59. The fourth-order valence-electron chi connectivity index (χ4n) is 1.49. The van der Waals surface area contributed by atoms with Crippen molar-refractivity contribution >= 4 is 5.95 Å². The van der Waals surface area contributed by atoms with E-state index in [1.165, 1.54) is 0 Å². The maximum Gasteiger partial charge on any atom is 0.247 e. The van der Waals surface area contributed by atoms with Crippen LogP contribution in [-0.2, 0) is 0 Å². The van der Waals surface area contributed by atoms with Crippen molar-refractivity contribution in [3.05, 3.63) is 30.3 Å². The number of rotatable bonds is 5. The van der Waals surface area contributed by atoms with Crippen LogP contribution in [0.1, 0.15) is 13.8 Å². The Kier molecular flexibility index (Phi) is 3.88. The SMILES string of the molecule is CC(C)C(N)CNc1nnnn1-c1ccccc1. The molecule has 0 saturated heterocycles. The fourth-order valence-corrected chi connectivity index (χ4v) is 1.49. The Bertz CT molecular complexity index is 478. The molecule has 1 aromatic heterocycles. The van der Waals surface area contributed by atoms with E-state index < -0.39 is 0 Å². The molecule has 0 spiro atoms. The molecule has 1 unspecified atom stereocenters. The minimum atomic E-state index is 0.0749. The van der Waals surface area contributed by atoms with Gasteiger partial charge in [0.15, 0.2) is 0 Å². The molecule has 0 amide bonds. The molecule has 2 rings (SSSR count). The third-order valence-electron chi connectivity index (χ3n) is 2.82. The minimum Gasteiger partial charge on any atom is -0.351 e. The van der Waals surface area contributed by atoms with Gasteiger partial charge in [0.05, 0.1) is 5.69 Å². The smallest absolute Gasteiger partial charge is 0.247 e. The molecule has 3 N–H and O–H groups in total. The van der Waals surface area contributed by atoms with Crippen molar-refractivity contribution < 1.29 is 0 Å². The van der Waals surface area contributed by atoms with Gasteiger partial charge in [0.25, 0.3) is 0 Å². The Morgan fingerprint density at radius 1 is 1.28 bits per heavy atom. The average Bonchev–Trinajstić information content (AvgIpc) is 2.85. The van der Waals surface area contributed by atoms with Crippen LogP contribution in [0.2, 0.25) is 0 Å². The molecule has 0 fully saturated rings. The van der Waals surface area contributed by atoms with Crippen molar-refractivity contribution in [2.75, 3.05) is 11.9 Å². The summed E-state index contributed by atoms with van der Waals surface area (Å²) in [5.41, 5.74) is 6.90. The molecule has 0 saturated carbocycles. The van der Waals surface area contributed by atoms with Crippen LogP contribution in [0.3, 0.4) is 0 Å². The van der Waals surface area contributed by atoms with Crippen molar-refractivity contribution in [3.8, 4) is 5.69 Å². The highest BCUT2D eigenvalue weighted by Gasteiger charge is 2.11. The number of nitrogens with zero attached hydrogens (tertiary/aromatic N) is 4. The Balaban J connectivity index is 2.09. The van der Waals surface area contributed by atoms with E-state index in [0.717, 1.165) is 5.69 Å². The monoisotopic (exact) mass is 246 g/mol. The standard InChI is InChI=1S/C12H18N6/c1-9(2)11(13)8-14-12-15-16-17-18(12)10-6-4-3-5-7-10/h3-7,9,11H,8,13H2,1-2H3,(H,14,15,17). The van der Waals surface area contributed by atoms with Gasteiger partial charge in [-0.2, -0.15) is 4.68 Å². The zero-order valence-corrected chi connectivity index (χ0v) is 10.6. The molecule has 18 heavy (non-hydrogen) atoms. The second-order valence-electron chi connectivity index (χ2n) is 4.54. The van der Waals surface area contributed by atoms with Crippen molar-refractivity contribution in [3.63, 3.8) is 0 Å². The van der Waals surface area contributed by atoms with Crippen LogP contribution in [0.5, 0.6) is 0 Å². The van der Waals surface area contributed by atoms with Crippen LogP contribution in [0.25, 0.3) is 5.69 Å². The van der Waals surface area contributed by atoms with Gasteiger partial charge < -0.3 is 11.1 Å². The van der Waals surface area contributed by atoms with Gasteiger partial charge in [0, 0.05) is 12.6 Å². The van der Waals surface area contributed by atoms with E-state index in [-0.39, 0.29) is 6.04 Å². The summed E-state index contributed by atoms with van der Waals surface area (Å²) >= 11 is 0. The van der Waals surface area contributed by atoms with Gasteiger partial charge in [-0.05, 0) is 28.5 Å². The molecule has 2 aromatic rings. The summed E-state index contributed by atoms with van der Waals surface area (Å²) in [4.78, 5) is 0. The first-order valence-electron chi connectivity index (χ1n) is 6.01. The van der Waals surface area contributed by atoms with E-state index in [0.29, 0.717) is 18.4 Å². The molecule has 1 aromatic carbocycles. The van der Waals surface area contributed by atoms with E-state index in [1.807, 2.05) is 30.3 Å². The summed E-state index contributed by atoms with van der Waals surface area (Å²) in [5, 5.41) is 14.8. The zero-order chi connectivity index (χ0) is 13.0. The van der Waals surface area contributed by atoms with Gasteiger partial charge in [0.2, 0.25) is 5.95 Å². The highest BCUT2D eigenvalue weighted by Crippen LogP contribution is 2.10. The number of tetrazole rings is 1. The van der Waals surface area contributed by atoms with Crippen molar-refractivity contribution in [1.82, 2.24) is 20.2 Å². The van der Waals surface area contributed by atoms with Crippen molar-refractivity contribution in [1.29, 1.82) is 0 Å². The lowest BCUT2D eigenvalue weighted by Gasteiger charge is -2.16. The molecule has 0 aliphatic carbocycles. The quantitative estimate of drug-likeness (QED) is 0.824. The number of anilines is 1. The van der Waals surface area contributed by atoms with E-state index in [1.54, 1.807) is 4.68 Å². The van der Waals surface area contributed by atoms with Crippen LogP contribution in [0, 0.1) is 5.92 Å². The Morgan fingerprint density at radius 2 is 2.00 bits per heavy atom. The molecule has 1 atom stereocenters. The number of nitrogens with one attached hydrogen (secondary N) is 1. The van der Waals surface area contributed by atoms with Gasteiger partial charge in [-0.15, -0.1) is 0 Å². The summed E-state index contributed by atoms with van der Waals surface area (Å²) in [6.07, 6.45) is 0. The molecule has 0 bridgehead atoms. The first-order chi connectivity index (χ1) is 8.68. The average molecular weight is 246 g/mol. The maximum atomic E-state index is 5.98. The van der Waals surface area contributed by atoms with E-state index in [2.05, 4.69) is 34.7 Å². The predicted octanol–water partition coefficient (Wildman–Crippen LogP) is 1.06. The Labute approximate surface area is 106 Å². The lowest BCUT2D eigenvalue weighted by molar-refractivity contribution is 0.510. The van der Waals surface area contributed by atoms with Crippen LogP contribution in [0.15, 0.2) is 30.3 Å². The topological polar surface area (TPSA) is 81.7 Å². The number of nitrogens with two attached hydrogens (primary N) is 1. The maximum absolute atomic E-state index is 5.98. The van der Waals surface area contributed by atoms with Crippen LogP contribution in [-0.4, -0.2) is 32.8 Å². The fraction of sp³-hybridized carbons (Fsp3) is 0.417. The number of benzene rings is 1. The number of hydrogen-bond acceptors (Lipinski definition) is 5. The summed E-state index contributed by atoms with van der Waals surface area (Å²) < 4.78 is 1.66. The van der Waals surface area contributed by atoms with Crippen LogP contribution >= 0.6 is 0 Å². The summed E-state index contributed by atoms with van der Waals surface area (Å²) in [7, 11) is 0. The van der Waals surface area contributed by atoms with Gasteiger partial charge in [-0.1, -0.05) is 37.1 Å². The molecule has 0 aliphatic rings. The number of hydrogen-bond donors (Lipinski definition) is 2. The molecule has 96 valence electrons. The zero-order valence-electron chi connectivity index (χ0n) is 10.6. The highest BCUT2D eigenvalue weighted by molar-refractivity contribution is 5.38. The lowest BCUT2D eigenvalue weighted by atomic mass is 10.1. The van der Waals surface area contributed by atoms with Gasteiger partial charge >= 0.3 is 0 Å². The first-order valence-corrected chi connectivity index (χ1v) is 6.01. The third kappa shape index (κ3) is 2.84. The van der Waals surface area contributed by atoms with E-state index >= 15 is 0 Å². The summed E-state index contributed by atoms with van der Waals surface area (Å²) in [6.45, 7) is 4.82. The predicted molar refractivity (Wildman–Crippen MR) is 70.5 cm³/mol. The summed E-state index contributed by atoms with van der Waals surface area (Å²) in [6, 6.07) is 9.82. The third-order valence-corrected chi connectivity index (χ3v) is 2.82. The van der Waals surface area contributed by atoms with Gasteiger partial charge in [0.1, 0.15) is 0 Å². The second-order valence-corrected chi connectivity index (χ2v) is 4.54. The normalized spacial score (nSPS) is 12.7. The van der Waals surface area contributed by atoms with Gasteiger partial charge in [-0.25, -0.2) is 0 Å². The number of aromatic nitrogens is 4. The highest BCUT2D eigenvalue weighted by atomic mass is 15.6. The molecule has 0 radical (unpaired) electrons.